The summed E-state index contributed by atoms with van der Waals surface area (Å²) in [5, 5.41) is 0. The lowest BCUT2D eigenvalue weighted by atomic mass is 9.89. The first-order chi connectivity index (χ1) is 21.0. The number of benzene rings is 2. The Morgan fingerprint density at radius 1 is 1.02 bits per heavy atom. The summed E-state index contributed by atoms with van der Waals surface area (Å²) in [5.74, 6) is -2.02. The molecular weight excluding hydrogens is 579 g/mol. The molecule has 2 aliphatic rings. The topological polar surface area (TPSA) is 99.4 Å². The Labute approximate surface area is 251 Å². The fourth-order valence-electron chi connectivity index (χ4n) is 5.64. The van der Waals surface area contributed by atoms with E-state index in [2.05, 4.69) is 9.73 Å². The number of methoxy groups -OCH3 is 1. The smallest absolute Gasteiger partial charge is 0.497 e. The van der Waals surface area contributed by atoms with E-state index in [4.69, 9.17) is 9.47 Å². The molecule has 0 radical (unpaired) electrons. The predicted molar refractivity (Wildman–Crippen MR) is 157 cm³/mol. The van der Waals surface area contributed by atoms with Gasteiger partial charge in [-0.1, -0.05) is 12.1 Å². The van der Waals surface area contributed by atoms with Gasteiger partial charge < -0.3 is 23.7 Å². The van der Waals surface area contributed by atoms with E-state index in [1.165, 1.54) is 23.2 Å². The Morgan fingerprint density at radius 2 is 1.68 bits per heavy atom. The minimum atomic E-state index is -4.86. The van der Waals surface area contributed by atoms with Crippen molar-refractivity contribution in [1.82, 2.24) is 4.57 Å². The zero-order valence-corrected chi connectivity index (χ0v) is 24.3. The Bertz CT molecular complexity index is 1580. The Hall–Kier alpha value is -4.45. The molecule has 1 aromatic heterocycles. The van der Waals surface area contributed by atoms with Gasteiger partial charge in [0.1, 0.15) is 17.2 Å². The zero-order valence-electron chi connectivity index (χ0n) is 24.3. The third-order valence-corrected chi connectivity index (χ3v) is 8.00. The third kappa shape index (κ3) is 7.02. The second-order valence-electron chi connectivity index (χ2n) is 10.9. The number of hydrogen-bond acceptors (Lipinski definition) is 6. The van der Waals surface area contributed by atoms with Crippen molar-refractivity contribution in [2.45, 2.75) is 38.6 Å². The highest BCUT2D eigenvalue weighted by Crippen LogP contribution is 2.36. The summed E-state index contributed by atoms with van der Waals surface area (Å²) in [6.07, 6.45) is -0.149. The fraction of sp³-hybridized carbons (Fsp3) is 0.375. The SMILES string of the molecule is COc1ccc([C@@H]2CN(c3c(C)ccn(CC4CCOCC4)c3=O)C(=O)C2C=NC(=O)c2ccc(OC(F)(F)F)cc2)cc1. The quantitative estimate of drug-likeness (QED) is 0.327. The number of alkyl halides is 3. The molecule has 0 spiro atoms. The van der Waals surface area contributed by atoms with Gasteiger partial charge >= 0.3 is 6.36 Å². The van der Waals surface area contributed by atoms with Gasteiger partial charge in [-0.25, -0.2) is 4.99 Å². The van der Waals surface area contributed by atoms with Crippen LogP contribution in [0.3, 0.4) is 0 Å². The summed E-state index contributed by atoms with van der Waals surface area (Å²) >= 11 is 0. The molecule has 0 saturated carbocycles. The number of amides is 2. The monoisotopic (exact) mass is 611 g/mol. The van der Waals surface area contributed by atoms with Crippen LogP contribution in [0.15, 0.2) is 70.6 Å². The van der Waals surface area contributed by atoms with Crippen LogP contribution in [0.4, 0.5) is 18.9 Å². The minimum absolute atomic E-state index is 0.0222. The second-order valence-corrected chi connectivity index (χ2v) is 10.9. The van der Waals surface area contributed by atoms with Gasteiger partial charge in [-0.2, -0.15) is 0 Å². The summed E-state index contributed by atoms with van der Waals surface area (Å²) in [5.41, 5.74) is 1.47. The van der Waals surface area contributed by atoms with E-state index in [1.54, 1.807) is 36.9 Å². The van der Waals surface area contributed by atoms with Crippen molar-refractivity contribution in [2.24, 2.45) is 16.8 Å². The lowest BCUT2D eigenvalue weighted by molar-refractivity contribution is -0.274. The number of pyridine rings is 1. The van der Waals surface area contributed by atoms with Crippen LogP contribution in [0.1, 0.15) is 40.2 Å². The molecule has 0 bridgehead atoms. The molecule has 44 heavy (non-hydrogen) atoms. The highest BCUT2D eigenvalue weighted by atomic mass is 19.4. The molecule has 0 aliphatic carbocycles. The van der Waals surface area contributed by atoms with Crippen molar-refractivity contribution >= 4 is 23.7 Å². The second kappa shape index (κ2) is 13.0. The van der Waals surface area contributed by atoms with Crippen LogP contribution in [0.5, 0.6) is 11.5 Å². The van der Waals surface area contributed by atoms with Crippen molar-refractivity contribution in [3.63, 3.8) is 0 Å². The molecule has 9 nitrogen and oxygen atoms in total. The summed E-state index contributed by atoms with van der Waals surface area (Å²) < 4.78 is 53.7. The standard InChI is InChI=1S/C32H32F3N3O6/c1-20-11-14-37(18-21-12-15-43-16-13-21)31(41)28(20)38-19-27(22-3-7-24(42-2)8-4-22)26(30(38)40)17-36-29(39)23-5-9-25(10-6-23)44-32(33,34)35/h3-11,14,17,21,26-27H,12-13,15-16,18-19H2,1-2H3/t26?,27-/m0/s1. The highest BCUT2D eigenvalue weighted by molar-refractivity contribution is 6.10. The van der Waals surface area contributed by atoms with Crippen LogP contribution < -0.4 is 19.9 Å². The highest BCUT2D eigenvalue weighted by Gasteiger charge is 2.42. The molecule has 12 heteroatoms. The third-order valence-electron chi connectivity index (χ3n) is 8.00. The first-order valence-electron chi connectivity index (χ1n) is 14.2. The van der Waals surface area contributed by atoms with Gasteiger partial charge in [0.25, 0.3) is 11.5 Å². The summed E-state index contributed by atoms with van der Waals surface area (Å²) in [7, 11) is 1.54. The van der Waals surface area contributed by atoms with Crippen LogP contribution in [-0.4, -0.2) is 55.8 Å². The van der Waals surface area contributed by atoms with Crippen molar-refractivity contribution in [3.05, 3.63) is 87.8 Å². The van der Waals surface area contributed by atoms with Gasteiger partial charge in [0, 0.05) is 50.2 Å². The van der Waals surface area contributed by atoms with Crippen molar-refractivity contribution in [1.29, 1.82) is 0 Å². The molecule has 2 amide bonds. The maximum atomic E-state index is 14.0. The van der Waals surface area contributed by atoms with Crippen LogP contribution >= 0.6 is 0 Å². The molecule has 3 aromatic rings. The predicted octanol–water partition coefficient (Wildman–Crippen LogP) is 5.15. The van der Waals surface area contributed by atoms with Crippen molar-refractivity contribution in [2.75, 3.05) is 31.8 Å². The Kier molecular flexibility index (Phi) is 9.19. The first-order valence-corrected chi connectivity index (χ1v) is 14.2. The molecular formula is C32H32F3N3O6. The number of rotatable bonds is 8. The average Bonchev–Trinajstić information content (AvgIpc) is 3.33. The first kappa shape index (κ1) is 31.0. The van der Waals surface area contributed by atoms with Crippen LogP contribution in [0.2, 0.25) is 0 Å². The lowest BCUT2D eigenvalue weighted by Gasteiger charge is -2.24. The maximum absolute atomic E-state index is 14.0. The van der Waals surface area contributed by atoms with E-state index in [1.807, 2.05) is 18.2 Å². The molecule has 2 fully saturated rings. The van der Waals surface area contributed by atoms with Crippen molar-refractivity contribution < 1.29 is 37.0 Å². The number of hydrogen-bond donors (Lipinski definition) is 0. The molecule has 3 heterocycles. The average molecular weight is 612 g/mol. The van der Waals surface area contributed by atoms with Crippen LogP contribution in [-0.2, 0) is 16.1 Å². The van der Waals surface area contributed by atoms with E-state index in [9.17, 15) is 27.6 Å². The molecule has 2 aliphatic heterocycles. The molecule has 2 saturated heterocycles. The number of nitrogens with zero attached hydrogens (tertiary/aromatic N) is 3. The lowest BCUT2D eigenvalue weighted by Crippen LogP contribution is -2.36. The molecule has 0 N–H and O–H groups in total. The number of aromatic nitrogens is 1. The van der Waals surface area contributed by atoms with E-state index < -0.39 is 29.9 Å². The van der Waals surface area contributed by atoms with Gasteiger partial charge in [0.2, 0.25) is 5.91 Å². The molecule has 232 valence electrons. The summed E-state index contributed by atoms with van der Waals surface area (Å²) in [6.45, 7) is 3.78. The summed E-state index contributed by atoms with van der Waals surface area (Å²) in [4.78, 5) is 46.0. The largest absolute Gasteiger partial charge is 0.573 e. The van der Waals surface area contributed by atoms with Gasteiger partial charge in [-0.3, -0.25) is 14.4 Å². The molecule has 5 rings (SSSR count). The molecule has 2 atom stereocenters. The normalized spacial score (nSPS) is 19.5. The number of ether oxygens (including phenoxy) is 3. The Morgan fingerprint density at radius 3 is 2.32 bits per heavy atom. The zero-order chi connectivity index (χ0) is 31.4. The van der Waals surface area contributed by atoms with Crippen molar-refractivity contribution in [3.8, 4) is 11.5 Å². The number of aliphatic imine (C=N–C) groups is 1. The Balaban J connectivity index is 1.44. The van der Waals surface area contributed by atoms with E-state index in [0.717, 1.165) is 30.5 Å². The van der Waals surface area contributed by atoms with Gasteiger partial charge in [0.05, 0.1) is 13.0 Å². The van der Waals surface area contributed by atoms with Gasteiger partial charge in [0.15, 0.2) is 0 Å². The summed E-state index contributed by atoms with van der Waals surface area (Å²) in [6, 6.07) is 13.4. The number of anilines is 1. The molecule has 2 aromatic carbocycles. The van der Waals surface area contributed by atoms with E-state index in [0.29, 0.717) is 37.0 Å². The van der Waals surface area contributed by atoms with E-state index >= 15 is 0 Å². The van der Waals surface area contributed by atoms with Crippen LogP contribution in [0.25, 0.3) is 0 Å². The fourth-order valence-corrected chi connectivity index (χ4v) is 5.64. The number of carbonyl (C=O) groups is 2. The van der Waals surface area contributed by atoms with Gasteiger partial charge in [-0.05, 0) is 79.3 Å². The number of halogens is 3. The number of aryl methyl sites for hydroxylation is 1. The molecule has 1 unspecified atom stereocenters. The number of carbonyl (C=O) groups excluding carboxylic acids is 2. The van der Waals surface area contributed by atoms with Crippen LogP contribution in [0, 0.1) is 18.8 Å². The van der Waals surface area contributed by atoms with E-state index in [-0.39, 0.29) is 29.3 Å². The minimum Gasteiger partial charge on any atom is -0.497 e. The van der Waals surface area contributed by atoms with Gasteiger partial charge in [-0.15, -0.1) is 13.2 Å². The maximum Gasteiger partial charge on any atom is 0.573 e.